The first-order chi connectivity index (χ1) is 12.1. The average molecular weight is 371 g/mol. The van der Waals surface area contributed by atoms with Gasteiger partial charge in [0.2, 0.25) is 0 Å². The van der Waals surface area contributed by atoms with Crippen LogP contribution in [0.25, 0.3) is 0 Å². The number of rotatable bonds is 4. The normalized spacial score (nSPS) is 11.2. The molecule has 0 unspecified atom stereocenters. The standard InChI is InChI=1S/C21H26N2O2S/c1-14(2)25-18-12-10-17(11-13-18)22-20(26)23-19(24)15-6-8-16(9-7-15)21(3,4)5/h6-14H,1-5H3,(H2,22,23,24,26). The van der Waals surface area contributed by atoms with Crippen LogP contribution in [0, 0.1) is 0 Å². The van der Waals surface area contributed by atoms with Crippen LogP contribution in [0.3, 0.4) is 0 Å². The summed E-state index contributed by atoms with van der Waals surface area (Å²) in [7, 11) is 0. The predicted molar refractivity (Wildman–Crippen MR) is 111 cm³/mol. The van der Waals surface area contributed by atoms with Crippen LogP contribution in [0.5, 0.6) is 5.75 Å². The van der Waals surface area contributed by atoms with Gasteiger partial charge in [0, 0.05) is 11.3 Å². The van der Waals surface area contributed by atoms with E-state index in [9.17, 15) is 4.79 Å². The van der Waals surface area contributed by atoms with Crippen LogP contribution >= 0.6 is 12.2 Å². The minimum absolute atomic E-state index is 0.0529. The van der Waals surface area contributed by atoms with Gasteiger partial charge >= 0.3 is 0 Å². The Labute approximate surface area is 161 Å². The average Bonchev–Trinajstić information content (AvgIpc) is 2.55. The molecular formula is C21H26N2O2S. The zero-order valence-corrected chi connectivity index (χ0v) is 16.7. The van der Waals surface area contributed by atoms with E-state index < -0.39 is 0 Å². The molecule has 0 fully saturated rings. The number of carbonyl (C=O) groups excluding carboxylic acids is 1. The lowest BCUT2D eigenvalue weighted by molar-refractivity contribution is 0.0977. The Hall–Kier alpha value is -2.40. The molecule has 0 aliphatic carbocycles. The fraction of sp³-hybridized carbons (Fsp3) is 0.333. The smallest absolute Gasteiger partial charge is 0.257 e. The van der Waals surface area contributed by atoms with Crippen molar-refractivity contribution in [2.45, 2.75) is 46.1 Å². The van der Waals surface area contributed by atoms with Gasteiger partial charge in [-0.2, -0.15) is 0 Å². The van der Waals surface area contributed by atoms with Gasteiger partial charge in [-0.15, -0.1) is 0 Å². The van der Waals surface area contributed by atoms with E-state index in [1.165, 1.54) is 5.56 Å². The quantitative estimate of drug-likeness (QED) is 0.752. The molecule has 0 saturated heterocycles. The van der Waals surface area contributed by atoms with Gasteiger partial charge in [-0.3, -0.25) is 10.1 Å². The van der Waals surface area contributed by atoms with Crippen molar-refractivity contribution < 1.29 is 9.53 Å². The SMILES string of the molecule is CC(C)Oc1ccc(NC(=S)NC(=O)c2ccc(C(C)(C)C)cc2)cc1. The number of ether oxygens (including phenoxy) is 1. The largest absolute Gasteiger partial charge is 0.491 e. The second kappa shape index (κ2) is 8.32. The summed E-state index contributed by atoms with van der Waals surface area (Å²) in [5.41, 5.74) is 2.59. The van der Waals surface area contributed by atoms with E-state index in [0.717, 1.165) is 11.4 Å². The Bertz CT molecular complexity index is 760. The molecule has 0 atom stereocenters. The maximum absolute atomic E-state index is 12.3. The van der Waals surface area contributed by atoms with Crippen LogP contribution in [0.2, 0.25) is 0 Å². The monoisotopic (exact) mass is 370 g/mol. The molecule has 0 aliphatic rings. The van der Waals surface area contributed by atoms with Gasteiger partial charge in [0.05, 0.1) is 6.10 Å². The second-order valence-corrected chi connectivity index (χ2v) is 7.83. The van der Waals surface area contributed by atoms with E-state index in [1.807, 2.05) is 62.4 Å². The molecule has 138 valence electrons. The lowest BCUT2D eigenvalue weighted by atomic mass is 9.87. The first-order valence-electron chi connectivity index (χ1n) is 8.65. The molecule has 5 heteroatoms. The molecule has 0 radical (unpaired) electrons. The Kier molecular flexibility index (Phi) is 6.37. The highest BCUT2D eigenvalue weighted by molar-refractivity contribution is 7.80. The predicted octanol–water partition coefficient (Wildman–Crippen LogP) is 4.90. The summed E-state index contributed by atoms with van der Waals surface area (Å²) in [6.07, 6.45) is 0.124. The van der Waals surface area contributed by atoms with Crippen LogP contribution in [-0.4, -0.2) is 17.1 Å². The molecule has 1 amide bonds. The third-order valence-corrected chi connectivity index (χ3v) is 3.93. The summed E-state index contributed by atoms with van der Waals surface area (Å²) in [6.45, 7) is 10.4. The maximum atomic E-state index is 12.3. The Morgan fingerprint density at radius 1 is 1.00 bits per heavy atom. The summed E-state index contributed by atoms with van der Waals surface area (Å²) in [6, 6.07) is 15.0. The zero-order valence-electron chi connectivity index (χ0n) is 15.9. The molecule has 0 bridgehead atoms. The van der Waals surface area contributed by atoms with E-state index in [0.29, 0.717) is 5.56 Å². The number of benzene rings is 2. The van der Waals surface area contributed by atoms with Crippen molar-refractivity contribution in [1.29, 1.82) is 0 Å². The molecule has 0 heterocycles. The summed E-state index contributed by atoms with van der Waals surface area (Å²) < 4.78 is 5.60. The topological polar surface area (TPSA) is 50.4 Å². The summed E-state index contributed by atoms with van der Waals surface area (Å²) >= 11 is 5.23. The fourth-order valence-electron chi connectivity index (χ4n) is 2.35. The lowest BCUT2D eigenvalue weighted by Crippen LogP contribution is -2.34. The lowest BCUT2D eigenvalue weighted by Gasteiger charge is -2.19. The molecule has 2 aromatic rings. The highest BCUT2D eigenvalue weighted by atomic mass is 32.1. The number of anilines is 1. The fourth-order valence-corrected chi connectivity index (χ4v) is 2.56. The van der Waals surface area contributed by atoms with Crippen LogP contribution in [-0.2, 0) is 5.41 Å². The van der Waals surface area contributed by atoms with Crippen molar-refractivity contribution in [3.8, 4) is 5.75 Å². The number of amides is 1. The molecule has 0 spiro atoms. The van der Waals surface area contributed by atoms with Crippen molar-refractivity contribution in [2.75, 3.05) is 5.32 Å². The molecule has 4 nitrogen and oxygen atoms in total. The Morgan fingerprint density at radius 3 is 2.08 bits per heavy atom. The highest BCUT2D eigenvalue weighted by Gasteiger charge is 2.14. The van der Waals surface area contributed by atoms with Crippen molar-refractivity contribution >= 4 is 28.9 Å². The first kappa shape index (κ1) is 19.9. The Morgan fingerprint density at radius 2 is 1.58 bits per heavy atom. The van der Waals surface area contributed by atoms with Gasteiger partial charge in [0.15, 0.2) is 5.11 Å². The molecule has 0 saturated carbocycles. The summed E-state index contributed by atoms with van der Waals surface area (Å²) in [5, 5.41) is 5.96. The van der Waals surface area contributed by atoms with E-state index >= 15 is 0 Å². The molecule has 2 rings (SSSR count). The van der Waals surface area contributed by atoms with Crippen molar-refractivity contribution in [3.63, 3.8) is 0 Å². The summed E-state index contributed by atoms with van der Waals surface area (Å²) in [5.74, 6) is 0.558. The van der Waals surface area contributed by atoms with E-state index in [2.05, 4.69) is 31.4 Å². The number of hydrogen-bond acceptors (Lipinski definition) is 3. The van der Waals surface area contributed by atoms with Gasteiger partial charge in [-0.25, -0.2) is 0 Å². The van der Waals surface area contributed by atoms with E-state index in [1.54, 1.807) is 0 Å². The minimum atomic E-state index is -0.234. The highest BCUT2D eigenvalue weighted by Crippen LogP contribution is 2.22. The van der Waals surface area contributed by atoms with Crippen LogP contribution in [0.15, 0.2) is 48.5 Å². The Balaban J connectivity index is 1.93. The van der Waals surface area contributed by atoms with Crippen LogP contribution in [0.1, 0.15) is 50.5 Å². The van der Waals surface area contributed by atoms with E-state index in [-0.39, 0.29) is 22.5 Å². The molecule has 0 aliphatic heterocycles. The molecule has 2 N–H and O–H groups in total. The van der Waals surface area contributed by atoms with Crippen LogP contribution in [0.4, 0.5) is 5.69 Å². The number of thiocarbonyl (C=S) groups is 1. The van der Waals surface area contributed by atoms with Gasteiger partial charge in [-0.05, 0) is 73.4 Å². The van der Waals surface area contributed by atoms with Crippen molar-refractivity contribution in [3.05, 3.63) is 59.7 Å². The zero-order chi connectivity index (χ0) is 19.3. The second-order valence-electron chi connectivity index (χ2n) is 7.43. The number of hydrogen-bond donors (Lipinski definition) is 2. The molecule has 26 heavy (non-hydrogen) atoms. The summed E-state index contributed by atoms with van der Waals surface area (Å²) in [4.78, 5) is 12.3. The first-order valence-corrected chi connectivity index (χ1v) is 9.05. The van der Waals surface area contributed by atoms with Gasteiger partial charge in [0.25, 0.3) is 5.91 Å². The van der Waals surface area contributed by atoms with Gasteiger partial charge < -0.3 is 10.1 Å². The molecular weight excluding hydrogens is 344 g/mol. The molecule has 0 aromatic heterocycles. The van der Waals surface area contributed by atoms with Crippen LogP contribution < -0.4 is 15.4 Å². The third-order valence-electron chi connectivity index (χ3n) is 3.72. The van der Waals surface area contributed by atoms with Crippen molar-refractivity contribution in [2.24, 2.45) is 0 Å². The van der Waals surface area contributed by atoms with Gasteiger partial charge in [0.1, 0.15) is 5.75 Å². The number of carbonyl (C=O) groups is 1. The third kappa shape index (κ3) is 5.85. The minimum Gasteiger partial charge on any atom is -0.491 e. The maximum Gasteiger partial charge on any atom is 0.257 e. The number of nitrogens with one attached hydrogen (secondary N) is 2. The molecule has 2 aromatic carbocycles. The van der Waals surface area contributed by atoms with E-state index in [4.69, 9.17) is 17.0 Å². The van der Waals surface area contributed by atoms with Gasteiger partial charge in [-0.1, -0.05) is 32.9 Å². The van der Waals surface area contributed by atoms with Crippen molar-refractivity contribution in [1.82, 2.24) is 5.32 Å².